The van der Waals surface area contributed by atoms with Crippen molar-refractivity contribution in [1.82, 2.24) is 24.9 Å². The molecule has 2 aliphatic rings. The van der Waals surface area contributed by atoms with Crippen molar-refractivity contribution in [3.63, 3.8) is 0 Å². The zero-order chi connectivity index (χ0) is 16.7. The van der Waals surface area contributed by atoms with Gasteiger partial charge in [0.2, 0.25) is 5.91 Å². The minimum Gasteiger partial charge on any atom is -0.353 e. The van der Waals surface area contributed by atoms with Gasteiger partial charge in [-0.1, -0.05) is 11.6 Å². The lowest BCUT2D eigenvalue weighted by Gasteiger charge is -2.43. The van der Waals surface area contributed by atoms with Crippen molar-refractivity contribution in [3.8, 4) is 0 Å². The number of amides is 2. The summed E-state index contributed by atoms with van der Waals surface area (Å²) in [4.78, 5) is 31.0. The number of imidazole rings is 1. The lowest BCUT2D eigenvalue weighted by molar-refractivity contribution is -0.131. The number of aromatic nitrogens is 2. The van der Waals surface area contributed by atoms with Crippen LogP contribution in [-0.2, 0) is 4.79 Å². The van der Waals surface area contributed by atoms with Gasteiger partial charge < -0.3 is 19.9 Å². The smallest absolute Gasteiger partial charge is 0.274 e. The Labute approximate surface area is 144 Å². The van der Waals surface area contributed by atoms with Crippen LogP contribution in [0.1, 0.15) is 23.3 Å². The van der Waals surface area contributed by atoms with Gasteiger partial charge in [0.1, 0.15) is 16.9 Å². The Kier molecular flexibility index (Phi) is 3.69. The third-order valence-corrected chi connectivity index (χ3v) is 5.07. The summed E-state index contributed by atoms with van der Waals surface area (Å²) in [5, 5.41) is 6.83. The fraction of sp³-hybridized carbons (Fsp3) is 0.438. The number of likely N-dealkylation sites (tertiary alicyclic amines) is 1. The maximum Gasteiger partial charge on any atom is 0.274 e. The molecule has 1 spiro atoms. The Bertz CT molecular complexity index is 810. The van der Waals surface area contributed by atoms with E-state index in [0.717, 1.165) is 6.54 Å². The fourth-order valence-electron chi connectivity index (χ4n) is 3.45. The van der Waals surface area contributed by atoms with Crippen molar-refractivity contribution in [3.05, 3.63) is 35.2 Å². The summed E-state index contributed by atoms with van der Waals surface area (Å²) < 4.78 is 1.75. The molecule has 2 N–H and O–H groups in total. The van der Waals surface area contributed by atoms with Crippen molar-refractivity contribution in [2.24, 2.45) is 0 Å². The Hall–Kier alpha value is -2.12. The molecular weight excluding hydrogens is 330 g/mol. The fourth-order valence-corrected chi connectivity index (χ4v) is 3.62. The van der Waals surface area contributed by atoms with E-state index in [4.69, 9.17) is 11.6 Å². The average Bonchev–Trinajstić information content (AvgIpc) is 3.01. The van der Waals surface area contributed by atoms with Gasteiger partial charge in [-0.3, -0.25) is 9.59 Å². The van der Waals surface area contributed by atoms with Crippen LogP contribution < -0.4 is 10.6 Å². The molecule has 24 heavy (non-hydrogen) atoms. The second kappa shape index (κ2) is 5.75. The number of nitrogens with zero attached hydrogens (tertiary/aromatic N) is 3. The lowest BCUT2D eigenvalue weighted by atomic mass is 9.85. The molecule has 4 heterocycles. The first-order chi connectivity index (χ1) is 11.6. The summed E-state index contributed by atoms with van der Waals surface area (Å²) in [7, 11) is 0. The first-order valence-corrected chi connectivity index (χ1v) is 8.42. The molecule has 2 aliphatic heterocycles. The molecule has 0 bridgehead atoms. The molecule has 0 aliphatic carbocycles. The molecule has 2 amide bonds. The maximum atomic E-state index is 12.7. The van der Waals surface area contributed by atoms with E-state index in [1.807, 2.05) is 0 Å². The summed E-state index contributed by atoms with van der Waals surface area (Å²) in [6.45, 7) is 2.50. The van der Waals surface area contributed by atoms with Crippen molar-refractivity contribution >= 4 is 29.1 Å². The predicted molar refractivity (Wildman–Crippen MR) is 89.1 cm³/mol. The number of hydrogen-bond acceptors (Lipinski definition) is 4. The monoisotopic (exact) mass is 347 g/mol. The zero-order valence-electron chi connectivity index (χ0n) is 13.1. The van der Waals surface area contributed by atoms with Gasteiger partial charge in [-0.05, 0) is 25.0 Å². The number of nitrogens with one attached hydrogen (secondary N) is 2. The van der Waals surface area contributed by atoms with Crippen LogP contribution in [0, 0.1) is 0 Å². The van der Waals surface area contributed by atoms with Crippen LogP contribution >= 0.6 is 11.6 Å². The van der Waals surface area contributed by atoms with Gasteiger partial charge in [0.25, 0.3) is 5.91 Å². The molecule has 8 heteroatoms. The van der Waals surface area contributed by atoms with Gasteiger partial charge in [0, 0.05) is 38.6 Å². The van der Waals surface area contributed by atoms with Crippen LogP contribution in [0.4, 0.5) is 0 Å². The first kappa shape index (κ1) is 15.4. The van der Waals surface area contributed by atoms with E-state index in [1.165, 1.54) is 0 Å². The van der Waals surface area contributed by atoms with Crippen LogP contribution in [0.5, 0.6) is 0 Å². The van der Waals surface area contributed by atoms with Gasteiger partial charge in [-0.2, -0.15) is 0 Å². The first-order valence-electron chi connectivity index (χ1n) is 8.04. The van der Waals surface area contributed by atoms with Gasteiger partial charge >= 0.3 is 0 Å². The van der Waals surface area contributed by atoms with Crippen molar-refractivity contribution in [2.45, 2.75) is 18.4 Å². The van der Waals surface area contributed by atoms with Crippen LogP contribution in [-0.4, -0.2) is 57.8 Å². The quantitative estimate of drug-likeness (QED) is 0.795. The molecule has 2 aromatic heterocycles. The van der Waals surface area contributed by atoms with Gasteiger partial charge in [0.05, 0.1) is 5.02 Å². The van der Waals surface area contributed by atoms with E-state index >= 15 is 0 Å². The average molecular weight is 348 g/mol. The highest BCUT2D eigenvalue weighted by Gasteiger charge is 2.43. The summed E-state index contributed by atoms with van der Waals surface area (Å²) in [6.07, 6.45) is 4.65. The summed E-state index contributed by atoms with van der Waals surface area (Å²) in [5.74, 6) is -0.0656. The number of carbonyl (C=O) groups excluding carboxylic acids is 2. The molecule has 0 aromatic carbocycles. The number of halogens is 1. The Morgan fingerprint density at radius 2 is 2.00 bits per heavy atom. The molecule has 0 unspecified atom stereocenters. The molecule has 126 valence electrons. The molecule has 7 nitrogen and oxygen atoms in total. The van der Waals surface area contributed by atoms with E-state index in [0.29, 0.717) is 48.8 Å². The van der Waals surface area contributed by atoms with Gasteiger partial charge in [-0.15, -0.1) is 0 Å². The van der Waals surface area contributed by atoms with Crippen molar-refractivity contribution in [1.29, 1.82) is 0 Å². The summed E-state index contributed by atoms with van der Waals surface area (Å²) in [6, 6.07) is 3.52. The number of piperidine rings is 1. The predicted octanol–water partition coefficient (Wildman–Crippen LogP) is 0.682. The third kappa shape index (κ3) is 2.53. The number of hydrogen-bond donors (Lipinski definition) is 2. The number of rotatable bonds is 1. The zero-order valence-corrected chi connectivity index (χ0v) is 13.8. The molecule has 2 saturated heterocycles. The number of pyridine rings is 1. The summed E-state index contributed by atoms with van der Waals surface area (Å²) in [5.41, 5.74) is 0.556. The van der Waals surface area contributed by atoms with Crippen molar-refractivity contribution in [2.75, 3.05) is 26.2 Å². The van der Waals surface area contributed by atoms with Crippen LogP contribution in [0.25, 0.3) is 5.65 Å². The lowest BCUT2D eigenvalue weighted by Crippen LogP contribution is -2.66. The normalized spacial score (nSPS) is 20.4. The number of carbonyl (C=O) groups is 2. The highest BCUT2D eigenvalue weighted by Crippen LogP contribution is 2.25. The standard InChI is InChI=1S/C16H18ClN5O2/c17-11-1-2-13-20-12(10-22(13)9-11)14(23)21-7-3-16(4-8-21)15(24)18-5-6-19-16/h1-2,9-10,19H,3-8H2,(H,18,24). The van der Waals surface area contributed by atoms with Crippen LogP contribution in [0.3, 0.4) is 0 Å². The molecular formula is C16H18ClN5O2. The number of piperazine rings is 1. The summed E-state index contributed by atoms with van der Waals surface area (Å²) >= 11 is 5.96. The van der Waals surface area contributed by atoms with Crippen molar-refractivity contribution < 1.29 is 9.59 Å². The molecule has 0 atom stereocenters. The third-order valence-electron chi connectivity index (χ3n) is 4.85. The molecule has 2 fully saturated rings. The van der Waals surface area contributed by atoms with E-state index in [2.05, 4.69) is 15.6 Å². The van der Waals surface area contributed by atoms with Crippen LogP contribution in [0.2, 0.25) is 5.02 Å². The second-order valence-electron chi connectivity index (χ2n) is 6.30. The molecule has 0 radical (unpaired) electrons. The van der Waals surface area contributed by atoms with E-state index in [-0.39, 0.29) is 11.8 Å². The largest absolute Gasteiger partial charge is 0.353 e. The maximum absolute atomic E-state index is 12.7. The molecule has 0 saturated carbocycles. The SMILES string of the molecule is O=C(c1cn2cc(Cl)ccc2n1)N1CCC2(CC1)NCCNC2=O. The second-order valence-corrected chi connectivity index (χ2v) is 6.73. The Morgan fingerprint density at radius 3 is 2.75 bits per heavy atom. The van der Waals surface area contributed by atoms with Gasteiger partial charge in [0.15, 0.2) is 0 Å². The molecule has 4 rings (SSSR count). The Balaban J connectivity index is 1.50. The molecule has 2 aromatic rings. The topological polar surface area (TPSA) is 78.7 Å². The van der Waals surface area contributed by atoms with Gasteiger partial charge in [-0.25, -0.2) is 4.98 Å². The van der Waals surface area contributed by atoms with E-state index in [9.17, 15) is 9.59 Å². The van der Waals surface area contributed by atoms with Crippen LogP contribution in [0.15, 0.2) is 24.5 Å². The minimum atomic E-state index is -0.526. The Morgan fingerprint density at radius 1 is 1.21 bits per heavy atom. The highest BCUT2D eigenvalue weighted by atomic mass is 35.5. The van der Waals surface area contributed by atoms with E-state index in [1.54, 1.807) is 33.8 Å². The van der Waals surface area contributed by atoms with E-state index < -0.39 is 5.54 Å². The number of fused-ring (bicyclic) bond motifs is 1. The highest BCUT2D eigenvalue weighted by molar-refractivity contribution is 6.30. The minimum absolute atomic E-state index is 0.0446.